The highest BCUT2D eigenvalue weighted by atomic mass is 32.2. The van der Waals surface area contributed by atoms with Gasteiger partial charge in [0.15, 0.2) is 0 Å². The van der Waals surface area contributed by atoms with E-state index in [1.54, 1.807) is 23.2 Å². The molecule has 9 heteroatoms. The van der Waals surface area contributed by atoms with Crippen molar-refractivity contribution in [2.24, 2.45) is 0 Å². The number of ether oxygens (including phenoxy) is 1. The molecule has 2 unspecified atom stereocenters. The summed E-state index contributed by atoms with van der Waals surface area (Å²) in [5.41, 5.74) is 1.79. The van der Waals surface area contributed by atoms with Gasteiger partial charge < -0.3 is 9.64 Å². The van der Waals surface area contributed by atoms with E-state index in [0.29, 0.717) is 18.7 Å². The topological polar surface area (TPSA) is 83.1 Å². The van der Waals surface area contributed by atoms with E-state index in [-0.39, 0.29) is 36.1 Å². The largest absolute Gasteiger partial charge is 0.373 e. The van der Waals surface area contributed by atoms with Crippen LogP contribution in [0, 0.1) is 0 Å². The molecular weight excluding hydrogens is 428 g/mol. The van der Waals surface area contributed by atoms with Gasteiger partial charge in [0.2, 0.25) is 10.0 Å². The maximum atomic E-state index is 12.9. The monoisotopic (exact) mass is 458 g/mol. The Morgan fingerprint density at radius 2 is 1.69 bits per heavy atom. The molecule has 4 rings (SSSR count). The van der Waals surface area contributed by atoms with Crippen LogP contribution in [-0.4, -0.2) is 84.9 Å². The van der Waals surface area contributed by atoms with E-state index in [4.69, 9.17) is 4.74 Å². The van der Waals surface area contributed by atoms with Crippen molar-refractivity contribution < 1.29 is 17.9 Å². The van der Waals surface area contributed by atoms with E-state index in [0.717, 1.165) is 25.2 Å². The number of pyridine rings is 1. The molecule has 0 N–H and O–H groups in total. The molecule has 0 aliphatic carbocycles. The fraction of sp³-hybridized carbons (Fsp3) is 0.478. The average Bonchev–Trinajstić information content (AvgIpc) is 2.79. The van der Waals surface area contributed by atoms with E-state index in [9.17, 15) is 13.2 Å². The Hall–Kier alpha value is -2.33. The minimum Gasteiger partial charge on any atom is -0.373 e. The Labute approximate surface area is 189 Å². The SMILES string of the molecule is CC1CN(Cc2ccc(C(=O)N3CCN(S(=O)(=O)c4cccnc4)CC3)cc2)CC(C)O1. The van der Waals surface area contributed by atoms with Crippen LogP contribution in [0.2, 0.25) is 0 Å². The van der Waals surface area contributed by atoms with Crippen LogP contribution in [0.4, 0.5) is 0 Å². The summed E-state index contributed by atoms with van der Waals surface area (Å²) >= 11 is 0. The van der Waals surface area contributed by atoms with E-state index in [1.807, 2.05) is 24.3 Å². The Bertz CT molecular complexity index is 1010. The molecule has 172 valence electrons. The number of hydrogen-bond acceptors (Lipinski definition) is 6. The highest BCUT2D eigenvalue weighted by Crippen LogP contribution is 2.19. The first-order valence-corrected chi connectivity index (χ1v) is 12.4. The number of amides is 1. The molecule has 2 aromatic rings. The van der Waals surface area contributed by atoms with Gasteiger partial charge in [0.1, 0.15) is 4.90 Å². The van der Waals surface area contributed by atoms with Crippen LogP contribution >= 0.6 is 0 Å². The highest BCUT2D eigenvalue weighted by molar-refractivity contribution is 7.89. The van der Waals surface area contributed by atoms with E-state index < -0.39 is 10.0 Å². The van der Waals surface area contributed by atoms with Crippen LogP contribution < -0.4 is 0 Å². The van der Waals surface area contributed by atoms with Crippen LogP contribution in [0.1, 0.15) is 29.8 Å². The molecule has 3 heterocycles. The number of sulfonamides is 1. The molecular formula is C23H30N4O4S. The number of benzene rings is 1. The predicted octanol–water partition coefficient (Wildman–Crippen LogP) is 1.84. The summed E-state index contributed by atoms with van der Waals surface area (Å²) < 4.78 is 32.7. The first-order valence-electron chi connectivity index (χ1n) is 11.0. The van der Waals surface area contributed by atoms with Crippen LogP contribution in [0.3, 0.4) is 0 Å². The summed E-state index contributed by atoms with van der Waals surface area (Å²) in [6, 6.07) is 10.9. The van der Waals surface area contributed by atoms with Gasteiger partial charge in [-0.05, 0) is 43.7 Å². The van der Waals surface area contributed by atoms with Gasteiger partial charge in [0, 0.05) is 63.8 Å². The summed E-state index contributed by atoms with van der Waals surface area (Å²) in [7, 11) is -3.58. The Kier molecular flexibility index (Phi) is 6.90. The second-order valence-electron chi connectivity index (χ2n) is 8.53. The van der Waals surface area contributed by atoms with Crippen molar-refractivity contribution in [2.45, 2.75) is 37.5 Å². The third kappa shape index (κ3) is 5.17. The molecule has 2 aliphatic heterocycles. The van der Waals surface area contributed by atoms with Crippen LogP contribution in [0.5, 0.6) is 0 Å². The molecule has 32 heavy (non-hydrogen) atoms. The summed E-state index contributed by atoms with van der Waals surface area (Å²) in [6.07, 6.45) is 3.34. The number of nitrogens with zero attached hydrogens (tertiary/aromatic N) is 4. The lowest BCUT2D eigenvalue weighted by molar-refractivity contribution is -0.0704. The number of carbonyl (C=O) groups excluding carboxylic acids is 1. The number of piperazine rings is 1. The first-order chi connectivity index (χ1) is 15.3. The highest BCUT2D eigenvalue weighted by Gasteiger charge is 2.30. The summed E-state index contributed by atoms with van der Waals surface area (Å²) in [5.74, 6) is -0.0661. The first kappa shape index (κ1) is 22.8. The summed E-state index contributed by atoms with van der Waals surface area (Å²) in [5, 5.41) is 0. The van der Waals surface area contributed by atoms with Gasteiger partial charge in [-0.15, -0.1) is 0 Å². The Morgan fingerprint density at radius 1 is 1.03 bits per heavy atom. The second-order valence-corrected chi connectivity index (χ2v) is 10.5. The lowest BCUT2D eigenvalue weighted by atomic mass is 10.1. The number of aromatic nitrogens is 1. The number of hydrogen-bond donors (Lipinski definition) is 0. The maximum absolute atomic E-state index is 12.9. The maximum Gasteiger partial charge on any atom is 0.253 e. The standard InChI is InChI=1S/C23H30N4O4S/c1-18-15-25(16-19(2)31-18)17-20-5-7-21(8-6-20)23(28)26-10-12-27(13-11-26)32(29,30)22-4-3-9-24-14-22/h3-9,14,18-19H,10-13,15-17H2,1-2H3. The number of rotatable bonds is 5. The predicted molar refractivity (Wildman–Crippen MR) is 121 cm³/mol. The van der Waals surface area contributed by atoms with Gasteiger partial charge in [0.25, 0.3) is 5.91 Å². The molecule has 2 fully saturated rings. The minimum absolute atomic E-state index is 0.0661. The molecule has 0 bridgehead atoms. The van der Waals surface area contributed by atoms with E-state index >= 15 is 0 Å². The van der Waals surface area contributed by atoms with Crippen molar-refractivity contribution in [3.63, 3.8) is 0 Å². The quantitative estimate of drug-likeness (QED) is 0.680. The van der Waals surface area contributed by atoms with Gasteiger partial charge in [-0.25, -0.2) is 8.42 Å². The van der Waals surface area contributed by atoms with Crippen LogP contribution in [-0.2, 0) is 21.3 Å². The molecule has 0 saturated carbocycles. The van der Waals surface area contributed by atoms with E-state index in [1.165, 1.54) is 10.5 Å². The molecule has 1 amide bonds. The van der Waals surface area contributed by atoms with Crippen molar-refractivity contribution in [3.8, 4) is 0 Å². The molecule has 2 saturated heterocycles. The van der Waals surface area contributed by atoms with E-state index in [2.05, 4.69) is 23.7 Å². The Balaban J connectivity index is 1.33. The van der Waals surface area contributed by atoms with Gasteiger partial charge in [0.05, 0.1) is 12.2 Å². The third-order valence-electron chi connectivity index (χ3n) is 5.90. The second kappa shape index (κ2) is 9.66. The van der Waals surface area contributed by atoms with Gasteiger partial charge in [-0.3, -0.25) is 14.7 Å². The van der Waals surface area contributed by atoms with Gasteiger partial charge in [-0.1, -0.05) is 12.1 Å². The zero-order valence-electron chi connectivity index (χ0n) is 18.6. The summed E-state index contributed by atoms with van der Waals surface area (Å²) in [4.78, 5) is 21.1. The summed E-state index contributed by atoms with van der Waals surface area (Å²) in [6.45, 7) is 8.08. The van der Waals surface area contributed by atoms with Crippen molar-refractivity contribution in [1.82, 2.24) is 19.1 Å². The lowest BCUT2D eigenvalue weighted by Gasteiger charge is -2.35. The number of morpholine rings is 1. The molecule has 2 aliphatic rings. The van der Waals surface area contributed by atoms with Gasteiger partial charge in [-0.2, -0.15) is 4.31 Å². The van der Waals surface area contributed by atoms with Crippen molar-refractivity contribution in [1.29, 1.82) is 0 Å². The van der Waals surface area contributed by atoms with Crippen molar-refractivity contribution in [2.75, 3.05) is 39.3 Å². The smallest absolute Gasteiger partial charge is 0.253 e. The number of carbonyl (C=O) groups is 1. The van der Waals surface area contributed by atoms with Crippen LogP contribution in [0.15, 0.2) is 53.7 Å². The fourth-order valence-corrected chi connectivity index (χ4v) is 5.77. The molecule has 2 atom stereocenters. The van der Waals surface area contributed by atoms with Gasteiger partial charge >= 0.3 is 0 Å². The third-order valence-corrected chi connectivity index (χ3v) is 7.78. The minimum atomic E-state index is -3.58. The van der Waals surface area contributed by atoms with Crippen LogP contribution in [0.25, 0.3) is 0 Å². The van der Waals surface area contributed by atoms with Crippen molar-refractivity contribution in [3.05, 3.63) is 59.9 Å². The molecule has 0 radical (unpaired) electrons. The zero-order valence-corrected chi connectivity index (χ0v) is 19.4. The molecule has 1 aromatic heterocycles. The lowest BCUT2D eigenvalue weighted by Crippen LogP contribution is -2.50. The fourth-order valence-electron chi connectivity index (χ4n) is 4.39. The molecule has 1 aromatic carbocycles. The Morgan fingerprint density at radius 3 is 2.28 bits per heavy atom. The normalized spacial score (nSPS) is 23.2. The molecule has 8 nitrogen and oxygen atoms in total. The molecule has 0 spiro atoms. The zero-order chi connectivity index (χ0) is 22.7. The van der Waals surface area contributed by atoms with Crippen molar-refractivity contribution >= 4 is 15.9 Å². The average molecular weight is 459 g/mol.